The second-order valence-electron chi connectivity index (χ2n) is 3.86. The highest BCUT2D eigenvalue weighted by atomic mass is 79.9. The fourth-order valence-corrected chi connectivity index (χ4v) is 1.44. The van der Waals surface area contributed by atoms with Crippen molar-refractivity contribution in [2.45, 2.75) is 27.2 Å². The van der Waals surface area contributed by atoms with E-state index in [1.54, 1.807) is 0 Å². The van der Waals surface area contributed by atoms with E-state index >= 15 is 0 Å². The monoisotopic (exact) mass is 255 g/mol. The van der Waals surface area contributed by atoms with Gasteiger partial charge < -0.3 is 5.32 Å². The van der Waals surface area contributed by atoms with Crippen molar-refractivity contribution in [1.29, 1.82) is 0 Å². The highest BCUT2D eigenvalue weighted by Gasteiger charge is 1.99. The maximum atomic E-state index is 3.50. The number of anilines is 1. The van der Waals surface area contributed by atoms with Gasteiger partial charge in [-0.15, -0.1) is 0 Å². The maximum absolute atomic E-state index is 3.50. The number of halogens is 1. The standard InChI is InChI=1S/C12H18BrN/c1-4-9(2)8-14-11-5-6-12(13)10(3)7-11/h5-7,9,14H,4,8H2,1-3H3. The van der Waals surface area contributed by atoms with Crippen LogP contribution in [0.3, 0.4) is 0 Å². The number of benzene rings is 1. The summed E-state index contributed by atoms with van der Waals surface area (Å²) in [6.07, 6.45) is 1.22. The summed E-state index contributed by atoms with van der Waals surface area (Å²) in [5.74, 6) is 0.735. The van der Waals surface area contributed by atoms with Crippen molar-refractivity contribution in [1.82, 2.24) is 0 Å². The van der Waals surface area contributed by atoms with Crippen molar-refractivity contribution < 1.29 is 0 Å². The van der Waals surface area contributed by atoms with Crippen LogP contribution in [-0.2, 0) is 0 Å². The van der Waals surface area contributed by atoms with Gasteiger partial charge in [0.25, 0.3) is 0 Å². The van der Waals surface area contributed by atoms with Crippen LogP contribution in [0.5, 0.6) is 0 Å². The van der Waals surface area contributed by atoms with Crippen LogP contribution in [0.15, 0.2) is 22.7 Å². The Morgan fingerprint density at radius 3 is 2.71 bits per heavy atom. The quantitative estimate of drug-likeness (QED) is 0.850. The Labute approximate surface area is 95.0 Å². The van der Waals surface area contributed by atoms with Gasteiger partial charge in [-0.1, -0.05) is 36.2 Å². The largest absolute Gasteiger partial charge is 0.385 e. The van der Waals surface area contributed by atoms with E-state index in [-0.39, 0.29) is 0 Å². The average Bonchev–Trinajstić information content (AvgIpc) is 2.19. The van der Waals surface area contributed by atoms with E-state index in [1.807, 2.05) is 0 Å². The van der Waals surface area contributed by atoms with E-state index in [0.29, 0.717) is 0 Å². The molecule has 1 aromatic carbocycles. The molecule has 1 aromatic rings. The maximum Gasteiger partial charge on any atom is 0.0343 e. The number of hydrogen-bond acceptors (Lipinski definition) is 1. The first-order valence-electron chi connectivity index (χ1n) is 5.13. The molecule has 0 amide bonds. The summed E-state index contributed by atoms with van der Waals surface area (Å²) in [5, 5.41) is 3.44. The van der Waals surface area contributed by atoms with E-state index in [9.17, 15) is 0 Å². The molecule has 0 saturated carbocycles. The first-order valence-corrected chi connectivity index (χ1v) is 5.92. The highest BCUT2D eigenvalue weighted by Crippen LogP contribution is 2.20. The molecule has 1 N–H and O–H groups in total. The third kappa shape index (κ3) is 3.33. The van der Waals surface area contributed by atoms with Gasteiger partial charge in [0.05, 0.1) is 0 Å². The molecular formula is C12H18BrN. The van der Waals surface area contributed by atoms with Gasteiger partial charge in [-0.05, 0) is 36.6 Å². The van der Waals surface area contributed by atoms with Crippen molar-refractivity contribution in [2.75, 3.05) is 11.9 Å². The fourth-order valence-electron chi connectivity index (χ4n) is 1.19. The summed E-state index contributed by atoms with van der Waals surface area (Å²) < 4.78 is 1.17. The van der Waals surface area contributed by atoms with Crippen molar-refractivity contribution in [3.8, 4) is 0 Å². The number of nitrogens with one attached hydrogen (secondary N) is 1. The predicted molar refractivity (Wildman–Crippen MR) is 66.8 cm³/mol. The summed E-state index contributed by atoms with van der Waals surface area (Å²) >= 11 is 3.50. The molecule has 78 valence electrons. The van der Waals surface area contributed by atoms with E-state index < -0.39 is 0 Å². The third-order valence-electron chi connectivity index (χ3n) is 2.51. The number of hydrogen-bond donors (Lipinski definition) is 1. The lowest BCUT2D eigenvalue weighted by Crippen LogP contribution is -2.10. The van der Waals surface area contributed by atoms with Gasteiger partial charge >= 0.3 is 0 Å². The van der Waals surface area contributed by atoms with Gasteiger partial charge in [-0.25, -0.2) is 0 Å². The minimum Gasteiger partial charge on any atom is -0.385 e. The molecule has 0 saturated heterocycles. The van der Waals surface area contributed by atoms with Crippen LogP contribution < -0.4 is 5.32 Å². The summed E-state index contributed by atoms with van der Waals surface area (Å²) in [6, 6.07) is 6.38. The number of aryl methyl sites for hydroxylation is 1. The molecule has 14 heavy (non-hydrogen) atoms. The lowest BCUT2D eigenvalue weighted by Gasteiger charge is -2.12. The molecule has 0 spiro atoms. The molecule has 0 fully saturated rings. The molecule has 0 aromatic heterocycles. The van der Waals surface area contributed by atoms with Crippen LogP contribution in [0.25, 0.3) is 0 Å². The Hall–Kier alpha value is -0.500. The normalized spacial score (nSPS) is 12.6. The molecule has 2 heteroatoms. The van der Waals surface area contributed by atoms with Gasteiger partial charge in [-0.2, -0.15) is 0 Å². The third-order valence-corrected chi connectivity index (χ3v) is 3.40. The summed E-state index contributed by atoms with van der Waals surface area (Å²) in [6.45, 7) is 7.65. The molecule has 0 aliphatic heterocycles. The minimum atomic E-state index is 0.735. The number of rotatable bonds is 4. The smallest absolute Gasteiger partial charge is 0.0343 e. The molecule has 0 radical (unpaired) electrons. The van der Waals surface area contributed by atoms with Crippen LogP contribution in [0.2, 0.25) is 0 Å². The summed E-state index contributed by atoms with van der Waals surface area (Å²) in [7, 11) is 0. The van der Waals surface area contributed by atoms with Gasteiger partial charge in [0, 0.05) is 16.7 Å². The highest BCUT2D eigenvalue weighted by molar-refractivity contribution is 9.10. The molecule has 1 unspecified atom stereocenters. The van der Waals surface area contributed by atoms with Crippen molar-refractivity contribution in [3.63, 3.8) is 0 Å². The Balaban J connectivity index is 2.55. The Morgan fingerprint density at radius 2 is 2.14 bits per heavy atom. The average molecular weight is 256 g/mol. The van der Waals surface area contributed by atoms with Crippen molar-refractivity contribution >= 4 is 21.6 Å². The van der Waals surface area contributed by atoms with Crippen LogP contribution in [0.1, 0.15) is 25.8 Å². The van der Waals surface area contributed by atoms with E-state index in [4.69, 9.17) is 0 Å². The van der Waals surface area contributed by atoms with Gasteiger partial charge in [0.2, 0.25) is 0 Å². The van der Waals surface area contributed by atoms with E-state index in [1.165, 1.54) is 22.1 Å². The van der Waals surface area contributed by atoms with Crippen molar-refractivity contribution in [3.05, 3.63) is 28.2 Å². The SMILES string of the molecule is CCC(C)CNc1ccc(Br)c(C)c1. The van der Waals surface area contributed by atoms with E-state index in [2.05, 4.69) is 60.2 Å². The lowest BCUT2D eigenvalue weighted by molar-refractivity contribution is 0.593. The Kier molecular flexibility index (Phi) is 4.46. The zero-order valence-electron chi connectivity index (χ0n) is 9.10. The zero-order chi connectivity index (χ0) is 10.6. The topological polar surface area (TPSA) is 12.0 Å². The molecule has 0 aliphatic rings. The van der Waals surface area contributed by atoms with Crippen LogP contribution >= 0.6 is 15.9 Å². The first kappa shape index (κ1) is 11.6. The Morgan fingerprint density at radius 1 is 1.43 bits per heavy atom. The van der Waals surface area contributed by atoms with Crippen LogP contribution in [0, 0.1) is 12.8 Å². The van der Waals surface area contributed by atoms with Gasteiger partial charge in [0.15, 0.2) is 0 Å². The predicted octanol–water partition coefficient (Wildman–Crippen LogP) is 4.22. The second kappa shape index (κ2) is 5.40. The zero-order valence-corrected chi connectivity index (χ0v) is 10.7. The van der Waals surface area contributed by atoms with E-state index in [0.717, 1.165) is 12.5 Å². The minimum absolute atomic E-state index is 0.735. The van der Waals surface area contributed by atoms with Gasteiger partial charge in [0.1, 0.15) is 0 Å². The molecule has 0 bridgehead atoms. The Bertz CT molecular complexity index is 296. The summed E-state index contributed by atoms with van der Waals surface area (Å²) in [4.78, 5) is 0. The molecule has 0 aliphatic carbocycles. The van der Waals surface area contributed by atoms with Crippen LogP contribution in [0.4, 0.5) is 5.69 Å². The molecule has 1 nitrogen and oxygen atoms in total. The lowest BCUT2D eigenvalue weighted by atomic mass is 10.1. The second-order valence-corrected chi connectivity index (χ2v) is 4.71. The molecule has 1 rings (SSSR count). The molecule has 1 atom stereocenters. The van der Waals surface area contributed by atoms with Crippen LogP contribution in [-0.4, -0.2) is 6.54 Å². The molecular weight excluding hydrogens is 238 g/mol. The fraction of sp³-hybridized carbons (Fsp3) is 0.500. The first-order chi connectivity index (χ1) is 6.63. The molecule has 0 heterocycles. The van der Waals surface area contributed by atoms with Gasteiger partial charge in [-0.3, -0.25) is 0 Å². The van der Waals surface area contributed by atoms with Crippen molar-refractivity contribution in [2.24, 2.45) is 5.92 Å². The summed E-state index contributed by atoms with van der Waals surface area (Å²) in [5.41, 5.74) is 2.49.